The van der Waals surface area contributed by atoms with E-state index in [9.17, 15) is 0 Å². The predicted octanol–water partition coefficient (Wildman–Crippen LogP) is 5.08. The summed E-state index contributed by atoms with van der Waals surface area (Å²) >= 11 is -1.65. The van der Waals surface area contributed by atoms with Gasteiger partial charge in [-0.15, -0.1) is 0 Å². The van der Waals surface area contributed by atoms with E-state index in [0.29, 0.717) is 0 Å². The van der Waals surface area contributed by atoms with Gasteiger partial charge in [0.05, 0.1) is 0 Å². The molecule has 0 aliphatic rings. The number of hydrogen-bond acceptors (Lipinski definition) is 0. The molecule has 0 spiro atoms. The van der Waals surface area contributed by atoms with Gasteiger partial charge in [0.1, 0.15) is 0 Å². The molecular formula is C12H28Sn. The average molecular weight is 291 g/mol. The van der Waals surface area contributed by atoms with Crippen molar-refractivity contribution in [2.24, 2.45) is 0 Å². The van der Waals surface area contributed by atoms with E-state index in [0.717, 1.165) is 3.93 Å². The second-order valence-corrected chi connectivity index (χ2v) is 20.1. The van der Waals surface area contributed by atoms with Gasteiger partial charge in [0.25, 0.3) is 0 Å². The van der Waals surface area contributed by atoms with Crippen LogP contribution in [0.25, 0.3) is 0 Å². The van der Waals surface area contributed by atoms with Crippen molar-refractivity contribution >= 4 is 18.4 Å². The van der Waals surface area contributed by atoms with E-state index in [1.54, 1.807) is 13.3 Å². The van der Waals surface area contributed by atoms with Crippen LogP contribution in [0.4, 0.5) is 0 Å². The summed E-state index contributed by atoms with van der Waals surface area (Å²) in [5.41, 5.74) is 0. The fourth-order valence-corrected chi connectivity index (χ4v) is 18.3. The Bertz CT molecular complexity index is 101. The van der Waals surface area contributed by atoms with Crippen LogP contribution in [0.2, 0.25) is 17.2 Å². The van der Waals surface area contributed by atoms with Gasteiger partial charge in [0, 0.05) is 0 Å². The summed E-state index contributed by atoms with van der Waals surface area (Å²) in [7, 11) is 0. The Hall–Kier alpha value is 0.799. The molecule has 0 radical (unpaired) electrons. The Kier molecular flexibility index (Phi) is 7.58. The number of rotatable bonds is 7. The first-order valence-corrected chi connectivity index (χ1v) is 13.8. The topological polar surface area (TPSA) is 0 Å². The predicted molar refractivity (Wildman–Crippen MR) is 66.1 cm³/mol. The average Bonchev–Trinajstić information content (AvgIpc) is 2.05. The Morgan fingerprint density at radius 1 is 0.769 bits per heavy atom. The first-order valence-electron chi connectivity index (χ1n) is 6.13. The standard InChI is InChI=1S/4C3H7.Sn/c4*1-3-2;/h3H,1-2H3;3*1,3H2,2H3;. The minimum atomic E-state index is -1.65. The van der Waals surface area contributed by atoms with E-state index in [1.807, 2.05) is 0 Å². The molecule has 0 rings (SSSR count). The van der Waals surface area contributed by atoms with E-state index in [-0.39, 0.29) is 0 Å². The van der Waals surface area contributed by atoms with Gasteiger partial charge in [0.15, 0.2) is 0 Å². The van der Waals surface area contributed by atoms with Gasteiger partial charge in [0.2, 0.25) is 0 Å². The van der Waals surface area contributed by atoms with Crippen molar-refractivity contribution in [3.05, 3.63) is 0 Å². The van der Waals surface area contributed by atoms with Crippen molar-refractivity contribution in [3.8, 4) is 0 Å². The zero-order valence-electron chi connectivity index (χ0n) is 10.3. The van der Waals surface area contributed by atoms with Crippen LogP contribution < -0.4 is 0 Å². The molecule has 0 fully saturated rings. The normalized spacial score (nSPS) is 12.5. The Morgan fingerprint density at radius 2 is 1.08 bits per heavy atom. The summed E-state index contributed by atoms with van der Waals surface area (Å²) in [6.07, 6.45) is 4.32. The van der Waals surface area contributed by atoms with Gasteiger partial charge in [-0.25, -0.2) is 0 Å². The van der Waals surface area contributed by atoms with Crippen LogP contribution in [-0.2, 0) is 0 Å². The molecule has 0 aliphatic heterocycles. The molecule has 13 heavy (non-hydrogen) atoms. The van der Waals surface area contributed by atoms with Crippen LogP contribution >= 0.6 is 0 Å². The molecule has 0 nitrogen and oxygen atoms in total. The van der Waals surface area contributed by atoms with Gasteiger partial charge in [-0.1, -0.05) is 0 Å². The zero-order chi connectivity index (χ0) is 10.3. The van der Waals surface area contributed by atoms with Crippen molar-refractivity contribution in [1.82, 2.24) is 0 Å². The van der Waals surface area contributed by atoms with E-state index in [4.69, 9.17) is 0 Å². The molecule has 0 heterocycles. The first-order chi connectivity index (χ1) is 6.13. The molecule has 0 N–H and O–H groups in total. The summed E-state index contributed by atoms with van der Waals surface area (Å²) < 4.78 is 5.96. The molecule has 0 aromatic carbocycles. The van der Waals surface area contributed by atoms with Crippen LogP contribution in [-0.4, -0.2) is 18.4 Å². The Balaban J connectivity index is 4.38. The molecule has 0 saturated heterocycles. The second-order valence-electron chi connectivity index (χ2n) is 4.77. The van der Waals surface area contributed by atoms with E-state index in [1.165, 1.54) is 19.3 Å². The van der Waals surface area contributed by atoms with Crippen LogP contribution in [0.15, 0.2) is 0 Å². The summed E-state index contributed by atoms with van der Waals surface area (Å²) in [5, 5.41) is 0. The molecule has 0 atom stereocenters. The molecule has 80 valence electrons. The molecule has 0 aliphatic carbocycles. The SMILES string of the molecule is CC[CH2][Sn]([CH2]CC)([CH2]CC)[CH](C)C. The van der Waals surface area contributed by atoms with Crippen molar-refractivity contribution in [3.63, 3.8) is 0 Å². The summed E-state index contributed by atoms with van der Waals surface area (Å²) in [4.78, 5) is 0. The van der Waals surface area contributed by atoms with Gasteiger partial charge in [-0.2, -0.15) is 0 Å². The van der Waals surface area contributed by atoms with Crippen molar-refractivity contribution in [2.75, 3.05) is 0 Å². The summed E-state index contributed by atoms with van der Waals surface area (Å²) in [5.74, 6) is 0. The molecule has 0 bridgehead atoms. The third-order valence-electron chi connectivity index (χ3n) is 3.47. The maximum absolute atomic E-state index is 2.50. The van der Waals surface area contributed by atoms with Gasteiger partial charge in [-0.05, 0) is 0 Å². The van der Waals surface area contributed by atoms with Gasteiger partial charge < -0.3 is 0 Å². The van der Waals surface area contributed by atoms with Crippen LogP contribution in [0, 0.1) is 0 Å². The second kappa shape index (κ2) is 7.14. The zero-order valence-corrected chi connectivity index (χ0v) is 13.2. The van der Waals surface area contributed by atoms with Crippen LogP contribution in [0.5, 0.6) is 0 Å². The molecule has 1 heteroatoms. The minimum absolute atomic E-state index is 1.06. The van der Waals surface area contributed by atoms with Crippen molar-refractivity contribution in [2.45, 2.75) is 71.1 Å². The van der Waals surface area contributed by atoms with Crippen molar-refractivity contribution < 1.29 is 0 Å². The van der Waals surface area contributed by atoms with E-state index in [2.05, 4.69) is 34.6 Å². The maximum atomic E-state index is 2.50. The molecule has 0 unspecified atom stereocenters. The first kappa shape index (κ1) is 13.8. The molecular weight excluding hydrogens is 263 g/mol. The molecule has 0 aromatic heterocycles. The summed E-state index contributed by atoms with van der Waals surface area (Å²) in [6.45, 7) is 12.1. The van der Waals surface area contributed by atoms with E-state index >= 15 is 0 Å². The molecule has 0 saturated carbocycles. The Labute approximate surface area is 89.4 Å². The number of hydrogen-bond donors (Lipinski definition) is 0. The van der Waals surface area contributed by atoms with Crippen LogP contribution in [0.3, 0.4) is 0 Å². The molecule has 0 aromatic rings. The molecule has 0 amide bonds. The van der Waals surface area contributed by atoms with Gasteiger partial charge in [-0.3, -0.25) is 0 Å². The quantitative estimate of drug-likeness (QED) is 0.574. The van der Waals surface area contributed by atoms with E-state index < -0.39 is 18.4 Å². The third-order valence-corrected chi connectivity index (χ3v) is 23.3. The summed E-state index contributed by atoms with van der Waals surface area (Å²) in [6, 6.07) is 0. The fourth-order valence-electron chi connectivity index (χ4n) is 2.73. The van der Waals surface area contributed by atoms with Crippen LogP contribution in [0.1, 0.15) is 53.9 Å². The fraction of sp³-hybridized carbons (Fsp3) is 1.00. The van der Waals surface area contributed by atoms with Gasteiger partial charge >= 0.3 is 89.5 Å². The Morgan fingerprint density at radius 3 is 1.23 bits per heavy atom. The third kappa shape index (κ3) is 4.22. The monoisotopic (exact) mass is 292 g/mol. The van der Waals surface area contributed by atoms with Crippen molar-refractivity contribution in [1.29, 1.82) is 0 Å².